The summed E-state index contributed by atoms with van der Waals surface area (Å²) in [5.41, 5.74) is 2.44. The average Bonchev–Trinajstić information content (AvgIpc) is 3.05. The van der Waals surface area contributed by atoms with E-state index in [2.05, 4.69) is 29.1 Å². The number of fused-ring (bicyclic) bond motifs is 1. The molecule has 0 aliphatic heterocycles. The lowest BCUT2D eigenvalue weighted by atomic mass is 10.2. The van der Waals surface area contributed by atoms with E-state index < -0.39 is 0 Å². The molecule has 1 fully saturated rings. The van der Waals surface area contributed by atoms with Crippen molar-refractivity contribution >= 4 is 22.5 Å². The fraction of sp³-hybridized carbons (Fsp3) is 0.400. The Morgan fingerprint density at radius 3 is 2.90 bits per heavy atom. The second kappa shape index (κ2) is 4.56. The second-order valence-corrected chi connectivity index (χ2v) is 6.13. The summed E-state index contributed by atoms with van der Waals surface area (Å²) in [5.74, 6) is 1.47. The summed E-state index contributed by atoms with van der Waals surface area (Å²) >= 11 is 6.29. The van der Waals surface area contributed by atoms with Gasteiger partial charge in [0, 0.05) is 24.2 Å². The maximum atomic E-state index is 6.29. The van der Waals surface area contributed by atoms with Gasteiger partial charge < -0.3 is 4.52 Å². The van der Waals surface area contributed by atoms with Crippen molar-refractivity contribution in [2.75, 3.05) is 0 Å². The van der Waals surface area contributed by atoms with Gasteiger partial charge >= 0.3 is 0 Å². The van der Waals surface area contributed by atoms with Crippen LogP contribution in [0.4, 0.5) is 0 Å². The van der Waals surface area contributed by atoms with Crippen LogP contribution in [0, 0.1) is 0 Å². The highest BCUT2D eigenvalue weighted by Gasteiger charge is 2.29. The monoisotopic (exact) mass is 302 g/mol. The van der Waals surface area contributed by atoms with Crippen molar-refractivity contribution in [3.05, 3.63) is 29.2 Å². The molecule has 3 heterocycles. The van der Waals surface area contributed by atoms with E-state index in [1.54, 1.807) is 6.20 Å². The minimum absolute atomic E-state index is 0.231. The molecule has 3 aromatic rings. The minimum Gasteiger partial charge on any atom is -0.360 e. The van der Waals surface area contributed by atoms with Gasteiger partial charge in [-0.3, -0.25) is 4.68 Å². The van der Waals surface area contributed by atoms with E-state index in [0.717, 1.165) is 28.1 Å². The maximum absolute atomic E-state index is 6.29. The van der Waals surface area contributed by atoms with E-state index in [0.29, 0.717) is 11.1 Å². The number of rotatable bonds is 3. The Labute approximate surface area is 126 Å². The Balaban J connectivity index is 1.94. The van der Waals surface area contributed by atoms with Gasteiger partial charge in [0.05, 0.1) is 10.9 Å². The number of halogens is 1. The van der Waals surface area contributed by atoms with Crippen molar-refractivity contribution in [1.29, 1.82) is 0 Å². The third-order valence-corrected chi connectivity index (χ3v) is 4.10. The van der Waals surface area contributed by atoms with E-state index in [4.69, 9.17) is 16.1 Å². The average molecular weight is 303 g/mol. The van der Waals surface area contributed by atoms with Crippen LogP contribution < -0.4 is 0 Å². The minimum atomic E-state index is 0.231. The van der Waals surface area contributed by atoms with Crippen molar-refractivity contribution in [2.24, 2.45) is 0 Å². The summed E-state index contributed by atoms with van der Waals surface area (Å²) in [6.45, 7) is 4.17. The number of pyridine rings is 1. The molecule has 0 radical (unpaired) electrons. The van der Waals surface area contributed by atoms with E-state index in [1.807, 2.05) is 16.8 Å². The molecule has 3 aromatic heterocycles. The highest BCUT2D eigenvalue weighted by molar-refractivity contribution is 6.35. The summed E-state index contributed by atoms with van der Waals surface area (Å²) in [5, 5.41) is 10.1. The van der Waals surface area contributed by atoms with Crippen molar-refractivity contribution in [1.82, 2.24) is 19.9 Å². The third kappa shape index (κ3) is 2.03. The van der Waals surface area contributed by atoms with Gasteiger partial charge in [-0.25, -0.2) is 4.98 Å². The molecule has 5 nitrogen and oxygen atoms in total. The first-order valence-corrected chi connectivity index (χ1v) is 7.52. The smallest absolute Gasteiger partial charge is 0.140 e. The molecule has 0 atom stereocenters. The van der Waals surface area contributed by atoms with Crippen LogP contribution in [0.2, 0.25) is 5.15 Å². The summed E-state index contributed by atoms with van der Waals surface area (Å²) in [4.78, 5) is 4.17. The van der Waals surface area contributed by atoms with Crippen molar-refractivity contribution in [3.8, 4) is 11.4 Å². The number of nitrogens with zero attached hydrogens (tertiary/aromatic N) is 4. The topological polar surface area (TPSA) is 56.7 Å². The quantitative estimate of drug-likeness (QED) is 0.680. The number of hydrogen-bond donors (Lipinski definition) is 0. The standard InChI is InChI=1S/C15H15ClN4O/c1-8(2)20-11-5-6-17-15(16)13(11)14(18-20)10-7-12(21-19-10)9-3-4-9/h5-9H,3-4H2,1-2H3. The molecule has 0 aromatic carbocycles. The molecule has 0 bridgehead atoms. The lowest BCUT2D eigenvalue weighted by Gasteiger charge is -2.06. The first kappa shape index (κ1) is 12.8. The Bertz CT molecular complexity index is 816. The van der Waals surface area contributed by atoms with E-state index in [1.165, 1.54) is 12.8 Å². The van der Waals surface area contributed by atoms with Gasteiger partial charge in [0.2, 0.25) is 0 Å². The second-order valence-electron chi connectivity index (χ2n) is 5.77. The summed E-state index contributed by atoms with van der Waals surface area (Å²) in [6.07, 6.45) is 4.06. The Kier molecular flexibility index (Phi) is 2.79. The number of hydrogen-bond acceptors (Lipinski definition) is 4. The van der Waals surface area contributed by atoms with E-state index >= 15 is 0 Å². The molecule has 108 valence electrons. The molecule has 1 aliphatic carbocycles. The Hall–Kier alpha value is -1.88. The van der Waals surface area contributed by atoms with Gasteiger partial charge in [0.25, 0.3) is 0 Å². The van der Waals surface area contributed by atoms with Gasteiger partial charge in [-0.1, -0.05) is 16.8 Å². The lowest BCUT2D eigenvalue weighted by molar-refractivity contribution is 0.386. The van der Waals surface area contributed by atoms with Crippen LogP contribution in [0.3, 0.4) is 0 Å². The molecular formula is C15H15ClN4O. The molecule has 1 aliphatic rings. The Morgan fingerprint density at radius 2 is 2.19 bits per heavy atom. The van der Waals surface area contributed by atoms with Crippen molar-refractivity contribution in [3.63, 3.8) is 0 Å². The Morgan fingerprint density at radius 1 is 1.38 bits per heavy atom. The van der Waals surface area contributed by atoms with Crippen LogP contribution in [-0.4, -0.2) is 19.9 Å². The van der Waals surface area contributed by atoms with Gasteiger partial charge in [-0.2, -0.15) is 5.10 Å². The molecule has 4 rings (SSSR count). The molecule has 6 heteroatoms. The molecule has 21 heavy (non-hydrogen) atoms. The van der Waals surface area contributed by atoms with Crippen molar-refractivity contribution in [2.45, 2.75) is 38.6 Å². The number of aromatic nitrogens is 4. The highest BCUT2D eigenvalue weighted by atomic mass is 35.5. The summed E-state index contributed by atoms with van der Waals surface area (Å²) < 4.78 is 7.39. The van der Waals surface area contributed by atoms with Crippen LogP contribution in [0.1, 0.15) is 44.4 Å². The van der Waals surface area contributed by atoms with Crippen molar-refractivity contribution < 1.29 is 4.52 Å². The SMILES string of the molecule is CC(C)n1nc(-c2cc(C3CC3)on2)c2c(Cl)nccc21. The van der Waals surface area contributed by atoms with Crippen LogP contribution >= 0.6 is 11.6 Å². The summed E-state index contributed by atoms with van der Waals surface area (Å²) in [6, 6.07) is 4.14. The third-order valence-electron chi connectivity index (χ3n) is 3.81. The fourth-order valence-electron chi connectivity index (χ4n) is 2.58. The van der Waals surface area contributed by atoms with Crippen LogP contribution in [0.25, 0.3) is 22.3 Å². The van der Waals surface area contributed by atoms with Gasteiger partial charge in [0.1, 0.15) is 22.3 Å². The zero-order valence-corrected chi connectivity index (χ0v) is 12.6. The highest BCUT2D eigenvalue weighted by Crippen LogP contribution is 2.42. The molecule has 0 spiro atoms. The maximum Gasteiger partial charge on any atom is 0.140 e. The van der Waals surface area contributed by atoms with Gasteiger partial charge in [0.15, 0.2) is 0 Å². The van der Waals surface area contributed by atoms with Gasteiger partial charge in [-0.15, -0.1) is 0 Å². The molecular weight excluding hydrogens is 288 g/mol. The predicted octanol–water partition coefficient (Wildman–Crippen LogP) is 4.20. The largest absolute Gasteiger partial charge is 0.360 e. The predicted molar refractivity (Wildman–Crippen MR) is 80.4 cm³/mol. The lowest BCUT2D eigenvalue weighted by Crippen LogP contribution is -2.02. The van der Waals surface area contributed by atoms with Gasteiger partial charge in [-0.05, 0) is 32.8 Å². The summed E-state index contributed by atoms with van der Waals surface area (Å²) in [7, 11) is 0. The molecule has 0 amide bonds. The zero-order chi connectivity index (χ0) is 14.6. The molecule has 0 N–H and O–H groups in total. The first-order chi connectivity index (χ1) is 10.1. The molecule has 1 saturated carbocycles. The normalized spacial score (nSPS) is 15.2. The van der Waals surface area contributed by atoms with Crippen LogP contribution in [0.15, 0.2) is 22.9 Å². The first-order valence-electron chi connectivity index (χ1n) is 7.15. The zero-order valence-electron chi connectivity index (χ0n) is 11.9. The molecule has 0 saturated heterocycles. The van der Waals surface area contributed by atoms with Crippen LogP contribution in [0.5, 0.6) is 0 Å². The van der Waals surface area contributed by atoms with E-state index in [-0.39, 0.29) is 6.04 Å². The van der Waals surface area contributed by atoms with Crippen LogP contribution in [-0.2, 0) is 0 Å². The van der Waals surface area contributed by atoms with E-state index in [9.17, 15) is 0 Å². The molecule has 0 unspecified atom stereocenters. The fourth-order valence-corrected chi connectivity index (χ4v) is 2.83.